The van der Waals surface area contributed by atoms with Crippen molar-refractivity contribution in [2.45, 2.75) is 12.8 Å². The summed E-state index contributed by atoms with van der Waals surface area (Å²) < 4.78 is 5.25. The minimum atomic E-state index is -0.457. The first kappa shape index (κ1) is 12.3. The molecule has 5 nitrogen and oxygen atoms in total. The highest BCUT2D eigenvalue weighted by Gasteiger charge is 2.09. The summed E-state index contributed by atoms with van der Waals surface area (Å²) in [4.78, 5) is 14.3. The van der Waals surface area contributed by atoms with Gasteiger partial charge < -0.3 is 15.4 Å². The van der Waals surface area contributed by atoms with Gasteiger partial charge in [0.2, 0.25) is 0 Å². The molecule has 1 rings (SSSR count). The van der Waals surface area contributed by atoms with Crippen molar-refractivity contribution >= 4 is 6.03 Å². The number of amides is 2. The molecule has 5 heteroatoms. The van der Waals surface area contributed by atoms with E-state index in [1.807, 2.05) is 0 Å². The molecule has 0 saturated carbocycles. The zero-order valence-electron chi connectivity index (χ0n) is 9.15. The standard InChI is InChI=1S/C10H20N3O2/c1-12(10(11)14)4-2-3-5-13-6-8-15-9-7-13/h1-9H2,(H2,11,14). The molecule has 0 aromatic heterocycles. The summed E-state index contributed by atoms with van der Waals surface area (Å²) in [6.07, 6.45) is 2.02. The van der Waals surface area contributed by atoms with Crippen LogP contribution in [-0.2, 0) is 4.74 Å². The van der Waals surface area contributed by atoms with E-state index in [0.717, 1.165) is 45.7 Å². The third-order valence-electron chi connectivity index (χ3n) is 2.57. The van der Waals surface area contributed by atoms with Crippen LogP contribution in [0, 0.1) is 7.05 Å². The topological polar surface area (TPSA) is 58.8 Å². The van der Waals surface area contributed by atoms with Crippen LogP contribution in [0.25, 0.3) is 0 Å². The zero-order valence-corrected chi connectivity index (χ0v) is 9.15. The zero-order chi connectivity index (χ0) is 11.1. The largest absolute Gasteiger partial charge is 0.379 e. The van der Waals surface area contributed by atoms with Gasteiger partial charge in [-0.05, 0) is 19.4 Å². The van der Waals surface area contributed by atoms with Gasteiger partial charge in [0.05, 0.1) is 13.2 Å². The SMILES string of the molecule is [CH2]N(CCCCN1CCOCC1)C(N)=O. The molecule has 1 aliphatic rings. The Morgan fingerprint density at radius 1 is 1.40 bits per heavy atom. The number of carbonyl (C=O) groups is 1. The molecule has 1 saturated heterocycles. The maximum atomic E-state index is 10.7. The summed E-state index contributed by atoms with van der Waals surface area (Å²) in [7, 11) is 3.55. The van der Waals surface area contributed by atoms with Gasteiger partial charge in [-0.3, -0.25) is 4.90 Å². The molecule has 1 aliphatic heterocycles. The quantitative estimate of drug-likeness (QED) is 0.668. The van der Waals surface area contributed by atoms with E-state index < -0.39 is 6.03 Å². The highest BCUT2D eigenvalue weighted by atomic mass is 16.5. The summed E-state index contributed by atoms with van der Waals surface area (Å²) in [6.45, 7) is 5.41. The Hall–Kier alpha value is -0.810. The smallest absolute Gasteiger partial charge is 0.314 e. The number of morpholine rings is 1. The fourth-order valence-corrected chi connectivity index (χ4v) is 1.57. The number of nitrogens with zero attached hydrogens (tertiary/aromatic N) is 2. The van der Waals surface area contributed by atoms with Crippen LogP contribution in [0.1, 0.15) is 12.8 Å². The molecule has 87 valence electrons. The Labute approximate surface area is 91.2 Å². The van der Waals surface area contributed by atoms with E-state index in [1.165, 1.54) is 4.90 Å². The van der Waals surface area contributed by atoms with Crippen molar-refractivity contribution in [1.82, 2.24) is 9.80 Å². The monoisotopic (exact) mass is 214 g/mol. The lowest BCUT2D eigenvalue weighted by Crippen LogP contribution is -2.37. The first-order chi connectivity index (χ1) is 7.20. The van der Waals surface area contributed by atoms with Gasteiger partial charge in [0.1, 0.15) is 0 Å². The predicted octanol–water partition coefficient (Wildman–Crippen LogP) is 0.271. The summed E-state index contributed by atoms with van der Waals surface area (Å²) in [5, 5.41) is 0. The van der Waals surface area contributed by atoms with Gasteiger partial charge in [-0.15, -0.1) is 0 Å². The molecule has 0 spiro atoms. The van der Waals surface area contributed by atoms with Crippen molar-refractivity contribution in [3.8, 4) is 0 Å². The number of carbonyl (C=O) groups excluding carboxylic acids is 1. The number of hydrogen-bond donors (Lipinski definition) is 1. The van der Waals surface area contributed by atoms with Gasteiger partial charge >= 0.3 is 6.03 Å². The number of hydrogen-bond acceptors (Lipinski definition) is 3. The van der Waals surface area contributed by atoms with Crippen molar-refractivity contribution in [2.75, 3.05) is 39.4 Å². The summed E-state index contributed by atoms with van der Waals surface area (Å²) in [5.74, 6) is 0. The first-order valence-electron chi connectivity index (χ1n) is 5.37. The van der Waals surface area contributed by atoms with Gasteiger partial charge in [0, 0.05) is 26.7 Å². The molecule has 2 N–H and O–H groups in total. The minimum Gasteiger partial charge on any atom is -0.379 e. The number of unbranched alkanes of at least 4 members (excludes halogenated alkanes) is 1. The molecular weight excluding hydrogens is 194 g/mol. The third kappa shape index (κ3) is 4.99. The van der Waals surface area contributed by atoms with Gasteiger partial charge in [-0.25, -0.2) is 4.79 Å². The molecule has 0 aromatic rings. The molecule has 0 aromatic carbocycles. The van der Waals surface area contributed by atoms with E-state index >= 15 is 0 Å². The third-order valence-corrected chi connectivity index (χ3v) is 2.57. The van der Waals surface area contributed by atoms with Crippen molar-refractivity contribution in [2.24, 2.45) is 5.73 Å². The van der Waals surface area contributed by atoms with Gasteiger partial charge in [0.25, 0.3) is 0 Å². The molecule has 0 bridgehead atoms. The van der Waals surface area contributed by atoms with Crippen LogP contribution < -0.4 is 5.73 Å². The Balaban J connectivity index is 1.98. The van der Waals surface area contributed by atoms with E-state index in [4.69, 9.17) is 10.5 Å². The molecule has 1 radical (unpaired) electrons. The Morgan fingerprint density at radius 2 is 2.07 bits per heavy atom. The van der Waals surface area contributed by atoms with E-state index in [0.29, 0.717) is 6.54 Å². The fraction of sp³-hybridized carbons (Fsp3) is 0.800. The highest BCUT2D eigenvalue weighted by Crippen LogP contribution is 2.01. The molecule has 0 unspecified atom stereocenters. The van der Waals surface area contributed by atoms with Crippen LogP contribution in [-0.4, -0.2) is 55.2 Å². The van der Waals surface area contributed by atoms with Crippen LogP contribution >= 0.6 is 0 Å². The predicted molar refractivity (Wildman–Crippen MR) is 58.1 cm³/mol. The van der Waals surface area contributed by atoms with Gasteiger partial charge in [-0.1, -0.05) is 0 Å². The Kier molecular flexibility index (Phi) is 5.42. The molecule has 1 fully saturated rings. The average molecular weight is 214 g/mol. The van der Waals surface area contributed by atoms with Crippen LogP contribution in [0.3, 0.4) is 0 Å². The molecule has 1 heterocycles. The maximum absolute atomic E-state index is 10.7. The molecule has 0 aliphatic carbocycles. The second kappa shape index (κ2) is 6.63. The van der Waals surface area contributed by atoms with Gasteiger partial charge in [0.15, 0.2) is 0 Å². The van der Waals surface area contributed by atoms with E-state index in [-0.39, 0.29) is 0 Å². The van der Waals surface area contributed by atoms with Crippen LogP contribution in [0.5, 0.6) is 0 Å². The molecule has 0 atom stereocenters. The van der Waals surface area contributed by atoms with Crippen LogP contribution in [0.15, 0.2) is 0 Å². The molecule has 2 amide bonds. The fourth-order valence-electron chi connectivity index (χ4n) is 1.57. The van der Waals surface area contributed by atoms with Crippen molar-refractivity contribution in [3.05, 3.63) is 7.05 Å². The lowest BCUT2D eigenvalue weighted by Gasteiger charge is -2.26. The Bertz CT molecular complexity index is 193. The minimum absolute atomic E-state index is 0.457. The normalized spacial score (nSPS) is 17.7. The van der Waals surface area contributed by atoms with Crippen molar-refractivity contribution < 1.29 is 9.53 Å². The number of primary amides is 1. The van der Waals surface area contributed by atoms with E-state index in [9.17, 15) is 4.79 Å². The number of urea groups is 1. The average Bonchev–Trinajstić information content (AvgIpc) is 2.25. The van der Waals surface area contributed by atoms with Gasteiger partial charge in [-0.2, -0.15) is 0 Å². The number of ether oxygens (including phenoxy) is 1. The van der Waals surface area contributed by atoms with Crippen LogP contribution in [0.4, 0.5) is 4.79 Å². The Morgan fingerprint density at radius 3 is 2.67 bits per heavy atom. The second-order valence-corrected chi connectivity index (χ2v) is 3.76. The summed E-state index contributed by atoms with van der Waals surface area (Å²) in [6, 6.07) is -0.457. The van der Waals surface area contributed by atoms with Crippen LogP contribution in [0.2, 0.25) is 0 Å². The first-order valence-corrected chi connectivity index (χ1v) is 5.37. The van der Waals surface area contributed by atoms with E-state index in [1.54, 1.807) is 0 Å². The van der Waals surface area contributed by atoms with Crippen molar-refractivity contribution in [3.63, 3.8) is 0 Å². The highest BCUT2D eigenvalue weighted by molar-refractivity contribution is 5.72. The maximum Gasteiger partial charge on any atom is 0.314 e. The summed E-state index contributed by atoms with van der Waals surface area (Å²) in [5.41, 5.74) is 5.06. The number of nitrogens with two attached hydrogens (primary N) is 1. The van der Waals surface area contributed by atoms with E-state index in [2.05, 4.69) is 11.9 Å². The summed E-state index contributed by atoms with van der Waals surface area (Å²) >= 11 is 0. The number of rotatable bonds is 5. The second-order valence-electron chi connectivity index (χ2n) is 3.76. The molecular formula is C10H20N3O2. The lowest BCUT2D eigenvalue weighted by atomic mass is 10.2. The molecule has 15 heavy (non-hydrogen) atoms. The lowest BCUT2D eigenvalue weighted by molar-refractivity contribution is 0.0371. The van der Waals surface area contributed by atoms with Crippen molar-refractivity contribution in [1.29, 1.82) is 0 Å².